The first-order valence-corrected chi connectivity index (χ1v) is 13.3. The second-order valence-electron chi connectivity index (χ2n) is 9.75. The molecule has 4 rings (SSSR count). The molecule has 3 aromatic carbocycles. The summed E-state index contributed by atoms with van der Waals surface area (Å²) in [6, 6.07) is 21.2. The normalized spacial score (nSPS) is 11.3. The van der Waals surface area contributed by atoms with Crippen molar-refractivity contribution in [2.75, 3.05) is 25.7 Å². The number of aromatic nitrogens is 1. The molecule has 0 bridgehead atoms. The average molecular weight is 535 g/mol. The van der Waals surface area contributed by atoms with Gasteiger partial charge in [0.2, 0.25) is 0 Å². The van der Waals surface area contributed by atoms with Crippen LogP contribution >= 0.6 is 22.9 Å². The summed E-state index contributed by atoms with van der Waals surface area (Å²) in [4.78, 5) is 20.4. The van der Waals surface area contributed by atoms with Crippen LogP contribution in [0.3, 0.4) is 0 Å². The molecule has 1 amide bonds. The number of anilines is 1. The molecule has 1 heterocycles. The van der Waals surface area contributed by atoms with Crippen molar-refractivity contribution in [1.82, 2.24) is 4.98 Å². The molecule has 0 spiro atoms. The van der Waals surface area contributed by atoms with Crippen molar-refractivity contribution in [1.29, 1.82) is 0 Å². The Balaban J connectivity index is 1.64. The van der Waals surface area contributed by atoms with Gasteiger partial charge in [0.25, 0.3) is 5.91 Å². The standard InChI is InChI=1S/C30H31ClN2O3S/c1-30(2,3)23-11-7-22(8-12-23)28(34)33(17-16-20-6-15-26(35-4)27(18-20)36-5)29-32-25(19-37-29)21-9-13-24(31)14-10-21/h6-15,18-19H,16-17H2,1-5H3. The molecule has 0 atom stereocenters. The Labute approximate surface area is 227 Å². The maximum Gasteiger partial charge on any atom is 0.260 e. The van der Waals surface area contributed by atoms with E-state index in [9.17, 15) is 4.79 Å². The Morgan fingerprint density at radius 3 is 2.24 bits per heavy atom. The second-order valence-corrected chi connectivity index (χ2v) is 11.0. The minimum atomic E-state index is -0.0852. The zero-order valence-electron chi connectivity index (χ0n) is 21.7. The van der Waals surface area contributed by atoms with Crippen molar-refractivity contribution in [3.63, 3.8) is 0 Å². The van der Waals surface area contributed by atoms with Gasteiger partial charge in [-0.3, -0.25) is 9.69 Å². The predicted octanol–water partition coefficient (Wildman–Crippen LogP) is 7.67. The summed E-state index contributed by atoms with van der Waals surface area (Å²) in [5, 5.41) is 3.29. The fourth-order valence-electron chi connectivity index (χ4n) is 3.97. The van der Waals surface area contributed by atoms with Crippen LogP contribution in [0, 0.1) is 0 Å². The number of carbonyl (C=O) groups excluding carboxylic acids is 1. The first-order chi connectivity index (χ1) is 17.7. The first-order valence-electron chi connectivity index (χ1n) is 12.0. The number of ether oxygens (including phenoxy) is 2. The number of thiazole rings is 1. The van der Waals surface area contributed by atoms with Crippen LogP contribution < -0.4 is 14.4 Å². The SMILES string of the molecule is COc1ccc(CCN(C(=O)c2ccc(C(C)(C)C)cc2)c2nc(-c3ccc(Cl)cc3)cs2)cc1OC. The number of halogens is 1. The summed E-state index contributed by atoms with van der Waals surface area (Å²) in [6.45, 7) is 6.94. The minimum absolute atomic E-state index is 0.0114. The van der Waals surface area contributed by atoms with E-state index in [1.54, 1.807) is 19.1 Å². The maximum atomic E-state index is 13.8. The molecular weight excluding hydrogens is 504 g/mol. The molecule has 0 aliphatic rings. The van der Waals surface area contributed by atoms with Crippen molar-refractivity contribution in [2.24, 2.45) is 0 Å². The van der Waals surface area contributed by atoms with Gasteiger partial charge in [0.05, 0.1) is 19.9 Å². The van der Waals surface area contributed by atoms with Crippen molar-refractivity contribution >= 4 is 34.0 Å². The molecular formula is C30H31ClN2O3S. The lowest BCUT2D eigenvalue weighted by Crippen LogP contribution is -2.33. The van der Waals surface area contributed by atoms with Gasteiger partial charge in [-0.1, -0.05) is 62.7 Å². The van der Waals surface area contributed by atoms with Crippen molar-refractivity contribution in [3.8, 4) is 22.8 Å². The van der Waals surface area contributed by atoms with Crippen molar-refractivity contribution < 1.29 is 14.3 Å². The van der Waals surface area contributed by atoms with Crippen LogP contribution in [0.25, 0.3) is 11.3 Å². The van der Waals surface area contributed by atoms with Gasteiger partial charge in [-0.05, 0) is 59.4 Å². The number of carbonyl (C=O) groups is 1. The van der Waals surface area contributed by atoms with Gasteiger partial charge < -0.3 is 9.47 Å². The predicted molar refractivity (Wildman–Crippen MR) is 153 cm³/mol. The lowest BCUT2D eigenvalue weighted by Gasteiger charge is -2.22. The van der Waals surface area contributed by atoms with Gasteiger partial charge in [0.15, 0.2) is 16.6 Å². The quantitative estimate of drug-likeness (QED) is 0.233. The van der Waals surface area contributed by atoms with Gasteiger partial charge >= 0.3 is 0 Å². The highest BCUT2D eigenvalue weighted by atomic mass is 35.5. The molecule has 0 radical (unpaired) electrons. The molecule has 7 heteroatoms. The van der Waals surface area contributed by atoms with E-state index < -0.39 is 0 Å². The van der Waals surface area contributed by atoms with E-state index in [0.717, 1.165) is 16.8 Å². The highest BCUT2D eigenvalue weighted by molar-refractivity contribution is 7.14. The van der Waals surface area contributed by atoms with E-state index in [0.29, 0.717) is 40.2 Å². The molecule has 4 aromatic rings. The van der Waals surface area contributed by atoms with Crippen LogP contribution in [0.2, 0.25) is 5.02 Å². The Morgan fingerprint density at radius 2 is 1.62 bits per heavy atom. The average Bonchev–Trinajstić information content (AvgIpc) is 3.38. The molecule has 0 aliphatic heterocycles. The number of hydrogen-bond donors (Lipinski definition) is 0. The largest absolute Gasteiger partial charge is 0.493 e. The Kier molecular flexibility index (Phi) is 8.20. The fraction of sp³-hybridized carbons (Fsp3) is 0.267. The smallest absolute Gasteiger partial charge is 0.260 e. The summed E-state index contributed by atoms with van der Waals surface area (Å²) >= 11 is 7.51. The number of methoxy groups -OCH3 is 2. The number of benzene rings is 3. The van der Waals surface area contributed by atoms with E-state index in [4.69, 9.17) is 26.1 Å². The van der Waals surface area contributed by atoms with Crippen molar-refractivity contribution in [2.45, 2.75) is 32.6 Å². The third-order valence-electron chi connectivity index (χ3n) is 6.18. The molecule has 0 aliphatic carbocycles. The van der Waals surface area contributed by atoms with Crippen LogP contribution in [0.1, 0.15) is 42.3 Å². The molecule has 37 heavy (non-hydrogen) atoms. The molecule has 0 fully saturated rings. The maximum absolute atomic E-state index is 13.8. The zero-order chi connectivity index (χ0) is 26.6. The van der Waals surface area contributed by atoms with Crippen LogP contribution in [0.5, 0.6) is 11.5 Å². The highest BCUT2D eigenvalue weighted by Crippen LogP contribution is 2.31. The fourth-order valence-corrected chi connectivity index (χ4v) is 4.96. The summed E-state index contributed by atoms with van der Waals surface area (Å²) in [5.74, 6) is 1.25. The van der Waals surface area contributed by atoms with Crippen LogP contribution in [0.4, 0.5) is 5.13 Å². The number of nitrogens with zero attached hydrogens (tertiary/aromatic N) is 2. The van der Waals surface area contributed by atoms with Crippen molar-refractivity contribution in [3.05, 3.63) is 93.8 Å². The number of hydrogen-bond acceptors (Lipinski definition) is 5. The van der Waals surface area contributed by atoms with Gasteiger partial charge in [-0.25, -0.2) is 4.98 Å². The Hall–Kier alpha value is -3.35. The van der Waals surface area contributed by atoms with E-state index in [1.807, 2.05) is 72.1 Å². The Bertz CT molecular complexity index is 1360. The zero-order valence-corrected chi connectivity index (χ0v) is 23.3. The number of amides is 1. The molecule has 0 N–H and O–H groups in total. The van der Waals surface area contributed by atoms with Gasteiger partial charge in [-0.2, -0.15) is 0 Å². The third kappa shape index (κ3) is 6.32. The van der Waals surface area contributed by atoms with Crippen LogP contribution in [-0.4, -0.2) is 31.7 Å². The lowest BCUT2D eigenvalue weighted by molar-refractivity contribution is 0.0987. The molecule has 5 nitrogen and oxygen atoms in total. The van der Waals surface area contributed by atoms with E-state index in [1.165, 1.54) is 16.9 Å². The third-order valence-corrected chi connectivity index (χ3v) is 7.29. The molecule has 1 aromatic heterocycles. The minimum Gasteiger partial charge on any atom is -0.493 e. The summed E-state index contributed by atoms with van der Waals surface area (Å²) in [6.07, 6.45) is 0.627. The monoisotopic (exact) mass is 534 g/mol. The van der Waals surface area contributed by atoms with E-state index >= 15 is 0 Å². The van der Waals surface area contributed by atoms with Gasteiger partial charge in [-0.15, -0.1) is 11.3 Å². The first kappa shape index (κ1) is 26.7. The molecule has 0 unspecified atom stereocenters. The topological polar surface area (TPSA) is 51.7 Å². The highest BCUT2D eigenvalue weighted by Gasteiger charge is 2.22. The van der Waals surface area contributed by atoms with Gasteiger partial charge in [0, 0.05) is 28.1 Å². The Morgan fingerprint density at radius 1 is 0.946 bits per heavy atom. The van der Waals surface area contributed by atoms with E-state index in [-0.39, 0.29) is 11.3 Å². The molecule has 0 saturated carbocycles. The number of rotatable bonds is 8. The van der Waals surface area contributed by atoms with E-state index in [2.05, 4.69) is 20.8 Å². The van der Waals surface area contributed by atoms with Crippen LogP contribution in [0.15, 0.2) is 72.1 Å². The summed E-state index contributed by atoms with van der Waals surface area (Å²) in [7, 11) is 3.23. The van der Waals surface area contributed by atoms with Crippen LogP contribution in [-0.2, 0) is 11.8 Å². The molecule has 0 saturated heterocycles. The molecule has 192 valence electrons. The van der Waals surface area contributed by atoms with Gasteiger partial charge in [0.1, 0.15) is 0 Å². The summed E-state index contributed by atoms with van der Waals surface area (Å²) < 4.78 is 10.8. The second kappa shape index (κ2) is 11.4. The summed E-state index contributed by atoms with van der Waals surface area (Å²) in [5.41, 5.74) is 4.62. The lowest BCUT2D eigenvalue weighted by atomic mass is 9.86.